The Balaban J connectivity index is 2.73. The van der Waals surface area contributed by atoms with Gasteiger partial charge in [0.1, 0.15) is 5.75 Å². The number of aliphatic carboxylic acids is 1. The van der Waals surface area contributed by atoms with Gasteiger partial charge in [-0.1, -0.05) is 13.0 Å². The number of rotatable bonds is 6. The monoisotopic (exact) mass is 316 g/mol. The second-order valence-electron chi connectivity index (χ2n) is 4.91. The molecule has 22 heavy (non-hydrogen) atoms. The van der Waals surface area contributed by atoms with Gasteiger partial charge in [0.25, 0.3) is 0 Å². The lowest BCUT2D eigenvalue weighted by atomic mass is 10.2. The van der Waals surface area contributed by atoms with E-state index < -0.39 is 24.5 Å². The van der Waals surface area contributed by atoms with E-state index in [1.54, 1.807) is 13.0 Å². The highest BCUT2D eigenvalue weighted by atomic mass is 19.3. The Morgan fingerprint density at radius 1 is 1.41 bits per heavy atom. The molecule has 0 aromatic heterocycles. The van der Waals surface area contributed by atoms with Crippen LogP contribution in [0.1, 0.15) is 12.5 Å². The SMILES string of the molecule is Cc1ccc(NC(=O)N(C)CC(C)C(=O)O)cc1OC(F)F. The molecule has 1 unspecified atom stereocenters. The number of amides is 2. The molecule has 8 heteroatoms. The molecule has 122 valence electrons. The van der Waals surface area contributed by atoms with E-state index in [9.17, 15) is 18.4 Å². The molecule has 0 heterocycles. The molecule has 0 fully saturated rings. The van der Waals surface area contributed by atoms with Gasteiger partial charge in [-0.25, -0.2) is 4.79 Å². The fourth-order valence-electron chi connectivity index (χ4n) is 1.69. The summed E-state index contributed by atoms with van der Waals surface area (Å²) in [7, 11) is 1.44. The molecule has 0 aliphatic rings. The van der Waals surface area contributed by atoms with E-state index in [1.165, 1.54) is 31.0 Å². The smallest absolute Gasteiger partial charge is 0.387 e. The molecule has 2 amide bonds. The van der Waals surface area contributed by atoms with E-state index in [0.717, 1.165) is 0 Å². The summed E-state index contributed by atoms with van der Waals surface area (Å²) in [4.78, 5) is 23.9. The number of hydrogen-bond donors (Lipinski definition) is 2. The maximum atomic E-state index is 12.3. The molecule has 1 aromatic rings. The zero-order valence-corrected chi connectivity index (χ0v) is 12.5. The summed E-state index contributed by atoms with van der Waals surface area (Å²) in [6.07, 6.45) is 0. The van der Waals surface area contributed by atoms with Crippen LogP contribution in [0.4, 0.5) is 19.3 Å². The largest absolute Gasteiger partial charge is 0.481 e. The fourth-order valence-corrected chi connectivity index (χ4v) is 1.69. The number of nitrogens with one attached hydrogen (secondary N) is 1. The van der Waals surface area contributed by atoms with E-state index in [0.29, 0.717) is 5.56 Å². The summed E-state index contributed by atoms with van der Waals surface area (Å²) >= 11 is 0. The minimum atomic E-state index is -2.95. The van der Waals surface area contributed by atoms with Crippen LogP contribution >= 0.6 is 0 Å². The first-order chi connectivity index (χ1) is 10.2. The Labute approximate surface area is 126 Å². The molecule has 0 aliphatic heterocycles. The lowest BCUT2D eigenvalue weighted by Gasteiger charge is -2.20. The first kappa shape index (κ1) is 17.7. The van der Waals surface area contributed by atoms with Crippen molar-refractivity contribution in [2.24, 2.45) is 5.92 Å². The third-order valence-corrected chi connectivity index (χ3v) is 2.97. The summed E-state index contributed by atoms with van der Waals surface area (Å²) < 4.78 is 28.9. The first-order valence-corrected chi connectivity index (χ1v) is 6.51. The van der Waals surface area contributed by atoms with E-state index >= 15 is 0 Å². The number of halogens is 2. The average Bonchev–Trinajstić information content (AvgIpc) is 2.41. The summed E-state index contributed by atoms with van der Waals surface area (Å²) in [5.41, 5.74) is 0.784. The van der Waals surface area contributed by atoms with Crippen molar-refractivity contribution in [1.82, 2.24) is 4.90 Å². The second kappa shape index (κ2) is 7.58. The molecule has 0 saturated carbocycles. The van der Waals surface area contributed by atoms with Gasteiger partial charge in [-0.15, -0.1) is 0 Å². The molecular formula is C14H18F2N2O4. The quantitative estimate of drug-likeness (QED) is 0.846. The summed E-state index contributed by atoms with van der Waals surface area (Å²) in [6, 6.07) is 3.82. The van der Waals surface area contributed by atoms with Gasteiger partial charge >= 0.3 is 18.6 Å². The molecule has 0 spiro atoms. The normalized spacial score (nSPS) is 11.9. The Bertz CT molecular complexity index is 552. The molecule has 0 radical (unpaired) electrons. The number of urea groups is 1. The maximum absolute atomic E-state index is 12.3. The molecule has 6 nitrogen and oxygen atoms in total. The van der Waals surface area contributed by atoms with Crippen LogP contribution in [0.2, 0.25) is 0 Å². The highest BCUT2D eigenvalue weighted by Gasteiger charge is 2.18. The van der Waals surface area contributed by atoms with E-state index in [-0.39, 0.29) is 18.0 Å². The van der Waals surface area contributed by atoms with Crippen LogP contribution < -0.4 is 10.1 Å². The Kier molecular flexibility index (Phi) is 6.09. The second-order valence-corrected chi connectivity index (χ2v) is 4.91. The average molecular weight is 316 g/mol. The number of carbonyl (C=O) groups is 2. The minimum Gasteiger partial charge on any atom is -0.481 e. The molecule has 1 atom stereocenters. The predicted octanol–water partition coefficient (Wildman–Crippen LogP) is 2.78. The zero-order valence-electron chi connectivity index (χ0n) is 12.5. The molecule has 1 rings (SSSR count). The van der Waals surface area contributed by atoms with Gasteiger partial charge in [0, 0.05) is 25.3 Å². The third kappa shape index (κ3) is 5.19. The molecule has 0 saturated heterocycles. The van der Waals surface area contributed by atoms with Crippen LogP contribution in [0.25, 0.3) is 0 Å². The van der Waals surface area contributed by atoms with Crippen molar-refractivity contribution in [2.75, 3.05) is 18.9 Å². The van der Waals surface area contributed by atoms with Crippen molar-refractivity contribution >= 4 is 17.7 Å². The number of aryl methyl sites for hydroxylation is 1. The number of alkyl halides is 2. The van der Waals surface area contributed by atoms with Crippen molar-refractivity contribution < 1.29 is 28.2 Å². The van der Waals surface area contributed by atoms with Gasteiger partial charge in [0.15, 0.2) is 0 Å². The van der Waals surface area contributed by atoms with Crippen molar-refractivity contribution in [3.8, 4) is 5.75 Å². The highest BCUT2D eigenvalue weighted by molar-refractivity contribution is 5.89. The van der Waals surface area contributed by atoms with Crippen LogP contribution in [0.5, 0.6) is 5.75 Å². The molecule has 0 aliphatic carbocycles. The Morgan fingerprint density at radius 3 is 2.59 bits per heavy atom. The summed E-state index contributed by atoms with van der Waals surface area (Å²) in [5, 5.41) is 11.3. The Morgan fingerprint density at radius 2 is 2.05 bits per heavy atom. The maximum Gasteiger partial charge on any atom is 0.387 e. The van der Waals surface area contributed by atoms with Crippen LogP contribution in [0, 0.1) is 12.8 Å². The topological polar surface area (TPSA) is 78.9 Å². The van der Waals surface area contributed by atoms with Crippen LogP contribution in [-0.2, 0) is 4.79 Å². The number of anilines is 1. The van der Waals surface area contributed by atoms with Crippen molar-refractivity contribution in [1.29, 1.82) is 0 Å². The van der Waals surface area contributed by atoms with E-state index in [2.05, 4.69) is 10.1 Å². The molecular weight excluding hydrogens is 298 g/mol. The number of carboxylic acid groups (broad SMARTS) is 1. The third-order valence-electron chi connectivity index (χ3n) is 2.97. The van der Waals surface area contributed by atoms with Gasteiger partial charge in [-0.3, -0.25) is 4.79 Å². The fraction of sp³-hybridized carbons (Fsp3) is 0.429. The standard InChI is InChI=1S/C14H18F2N2O4/c1-8-4-5-10(6-11(8)22-13(15)16)17-14(21)18(3)7-9(2)12(19)20/h4-6,9,13H,7H2,1-3H3,(H,17,21)(H,19,20). The molecule has 0 bridgehead atoms. The van der Waals surface area contributed by atoms with E-state index in [4.69, 9.17) is 5.11 Å². The van der Waals surface area contributed by atoms with Crippen LogP contribution in [0.3, 0.4) is 0 Å². The summed E-state index contributed by atoms with van der Waals surface area (Å²) in [5.74, 6) is -1.76. The Hall–Kier alpha value is -2.38. The summed E-state index contributed by atoms with van der Waals surface area (Å²) in [6.45, 7) is 0.146. The predicted molar refractivity (Wildman–Crippen MR) is 76.3 cm³/mol. The van der Waals surface area contributed by atoms with Gasteiger partial charge in [-0.05, 0) is 18.6 Å². The number of carboxylic acids is 1. The highest BCUT2D eigenvalue weighted by Crippen LogP contribution is 2.24. The lowest BCUT2D eigenvalue weighted by Crippen LogP contribution is -2.36. The lowest BCUT2D eigenvalue weighted by molar-refractivity contribution is -0.141. The number of hydrogen-bond acceptors (Lipinski definition) is 3. The van der Waals surface area contributed by atoms with Crippen molar-refractivity contribution in [3.05, 3.63) is 23.8 Å². The number of nitrogens with zero attached hydrogens (tertiary/aromatic N) is 1. The number of benzene rings is 1. The van der Waals surface area contributed by atoms with Crippen LogP contribution in [0.15, 0.2) is 18.2 Å². The van der Waals surface area contributed by atoms with Crippen molar-refractivity contribution in [3.63, 3.8) is 0 Å². The number of carbonyl (C=O) groups excluding carboxylic acids is 1. The van der Waals surface area contributed by atoms with Crippen molar-refractivity contribution in [2.45, 2.75) is 20.5 Å². The van der Waals surface area contributed by atoms with Crippen LogP contribution in [-0.4, -0.2) is 42.2 Å². The van der Waals surface area contributed by atoms with Gasteiger partial charge < -0.3 is 20.1 Å². The number of ether oxygens (including phenoxy) is 1. The van der Waals surface area contributed by atoms with Gasteiger partial charge in [0.05, 0.1) is 5.92 Å². The molecule has 1 aromatic carbocycles. The minimum absolute atomic E-state index is 0.0212. The van der Waals surface area contributed by atoms with E-state index in [1.807, 2.05) is 0 Å². The van der Waals surface area contributed by atoms with Gasteiger partial charge in [0.2, 0.25) is 0 Å². The first-order valence-electron chi connectivity index (χ1n) is 6.51. The zero-order chi connectivity index (χ0) is 16.9. The molecule has 2 N–H and O–H groups in total. The van der Waals surface area contributed by atoms with Gasteiger partial charge in [-0.2, -0.15) is 8.78 Å².